The molecule has 3 aromatic rings. The third-order valence-corrected chi connectivity index (χ3v) is 5.83. The van der Waals surface area contributed by atoms with Crippen LogP contribution in [0.2, 0.25) is 0 Å². The van der Waals surface area contributed by atoms with E-state index in [1.165, 1.54) is 0 Å². The molecule has 5 rings (SSSR count). The number of benzene rings is 1. The van der Waals surface area contributed by atoms with Crippen molar-refractivity contribution >= 4 is 34.2 Å². The first-order valence-electron chi connectivity index (χ1n) is 10.6. The summed E-state index contributed by atoms with van der Waals surface area (Å²) in [5.74, 6) is 0.423. The maximum absolute atomic E-state index is 13.2. The summed E-state index contributed by atoms with van der Waals surface area (Å²) < 4.78 is 1.87. The molecule has 2 aromatic heterocycles. The molecular formula is C23H25N5O2. The molecule has 1 N–H and O–H groups in total. The van der Waals surface area contributed by atoms with Gasteiger partial charge in [0.25, 0.3) is 5.91 Å². The molecule has 154 valence electrons. The Hall–Kier alpha value is -3.22. The summed E-state index contributed by atoms with van der Waals surface area (Å²) in [4.78, 5) is 31.7. The number of nitrogens with one attached hydrogen (secondary N) is 1. The van der Waals surface area contributed by atoms with Gasteiger partial charge in [-0.25, -0.2) is 9.67 Å². The fraction of sp³-hybridized carbons (Fsp3) is 0.391. The van der Waals surface area contributed by atoms with Crippen molar-refractivity contribution in [3.8, 4) is 0 Å². The van der Waals surface area contributed by atoms with E-state index in [2.05, 4.69) is 24.3 Å². The number of carbonyl (C=O) groups excluding carboxylic acids is 2. The highest BCUT2D eigenvalue weighted by molar-refractivity contribution is 6.12. The molecule has 1 aromatic carbocycles. The number of fused-ring (bicyclic) bond motifs is 1. The van der Waals surface area contributed by atoms with E-state index in [0.717, 1.165) is 48.2 Å². The summed E-state index contributed by atoms with van der Waals surface area (Å²) in [6.07, 6.45) is 5.46. The third kappa shape index (κ3) is 3.34. The molecule has 3 heterocycles. The molecule has 0 atom stereocenters. The number of amides is 2. The molecule has 0 spiro atoms. The highest BCUT2D eigenvalue weighted by Crippen LogP contribution is 2.40. The van der Waals surface area contributed by atoms with Crippen LogP contribution in [-0.2, 0) is 4.79 Å². The molecule has 1 aliphatic heterocycles. The predicted molar refractivity (Wildman–Crippen MR) is 116 cm³/mol. The van der Waals surface area contributed by atoms with Gasteiger partial charge < -0.3 is 10.2 Å². The molecule has 0 bridgehead atoms. The summed E-state index contributed by atoms with van der Waals surface area (Å²) >= 11 is 0. The quantitative estimate of drug-likeness (QED) is 0.690. The van der Waals surface area contributed by atoms with E-state index in [1.807, 2.05) is 35.0 Å². The number of hydrogen-bond donors (Lipinski definition) is 1. The molecule has 2 aliphatic rings. The van der Waals surface area contributed by atoms with Crippen LogP contribution in [0.3, 0.4) is 0 Å². The summed E-state index contributed by atoms with van der Waals surface area (Å²) in [5.41, 5.74) is 3.91. The number of pyridine rings is 1. The van der Waals surface area contributed by atoms with Crippen molar-refractivity contribution in [2.75, 3.05) is 16.8 Å². The van der Waals surface area contributed by atoms with Crippen LogP contribution in [-0.4, -0.2) is 33.1 Å². The van der Waals surface area contributed by atoms with Crippen molar-refractivity contribution in [3.05, 3.63) is 47.8 Å². The molecule has 7 nitrogen and oxygen atoms in total. The first-order chi connectivity index (χ1) is 14.5. The minimum atomic E-state index is -0.169. The first kappa shape index (κ1) is 18.8. The smallest absolute Gasteiger partial charge is 0.256 e. The van der Waals surface area contributed by atoms with Gasteiger partial charge in [-0.2, -0.15) is 5.10 Å². The lowest BCUT2D eigenvalue weighted by atomic mass is 10.1. The SMILES string of the molecule is CC(C)n1ncc2c(C(=O)Nc3ccc(N4CCCC4=O)cc3)cc(C3CC3)nc21. The lowest BCUT2D eigenvalue weighted by Crippen LogP contribution is -2.23. The van der Waals surface area contributed by atoms with Crippen molar-refractivity contribution in [2.24, 2.45) is 0 Å². The third-order valence-electron chi connectivity index (χ3n) is 5.83. The van der Waals surface area contributed by atoms with Crippen LogP contribution in [0.25, 0.3) is 11.0 Å². The van der Waals surface area contributed by atoms with E-state index in [0.29, 0.717) is 23.6 Å². The molecule has 30 heavy (non-hydrogen) atoms. The Labute approximate surface area is 175 Å². The lowest BCUT2D eigenvalue weighted by molar-refractivity contribution is -0.117. The average molecular weight is 403 g/mol. The number of nitrogens with zero attached hydrogens (tertiary/aromatic N) is 4. The fourth-order valence-electron chi connectivity index (χ4n) is 4.04. The van der Waals surface area contributed by atoms with Crippen molar-refractivity contribution < 1.29 is 9.59 Å². The second-order valence-corrected chi connectivity index (χ2v) is 8.44. The van der Waals surface area contributed by atoms with Crippen LogP contribution in [0, 0.1) is 0 Å². The maximum Gasteiger partial charge on any atom is 0.256 e. The van der Waals surface area contributed by atoms with Gasteiger partial charge in [-0.3, -0.25) is 9.59 Å². The van der Waals surface area contributed by atoms with Crippen molar-refractivity contribution in [3.63, 3.8) is 0 Å². The van der Waals surface area contributed by atoms with E-state index < -0.39 is 0 Å². The highest BCUT2D eigenvalue weighted by Gasteiger charge is 2.28. The summed E-state index contributed by atoms with van der Waals surface area (Å²) in [7, 11) is 0. The van der Waals surface area contributed by atoms with Crippen LogP contribution in [0.15, 0.2) is 36.5 Å². The number of aromatic nitrogens is 3. The van der Waals surface area contributed by atoms with Gasteiger partial charge in [0.05, 0.1) is 17.1 Å². The van der Waals surface area contributed by atoms with Crippen LogP contribution < -0.4 is 10.2 Å². The predicted octanol–water partition coefficient (Wildman–Crippen LogP) is 4.27. The molecule has 1 aliphatic carbocycles. The molecule has 2 fully saturated rings. The standard InChI is InChI=1S/C23H25N5O2/c1-14(2)28-22-19(13-24-28)18(12-20(26-22)15-5-6-15)23(30)25-16-7-9-17(10-8-16)27-11-3-4-21(27)29/h7-10,12-15H,3-6,11H2,1-2H3,(H,25,30). The van der Waals surface area contributed by atoms with E-state index >= 15 is 0 Å². The largest absolute Gasteiger partial charge is 0.322 e. The molecule has 1 saturated heterocycles. The lowest BCUT2D eigenvalue weighted by Gasteiger charge is -2.16. The number of carbonyl (C=O) groups is 2. The average Bonchev–Trinajstić information content (AvgIpc) is 3.35. The summed E-state index contributed by atoms with van der Waals surface area (Å²) in [6, 6.07) is 9.54. The van der Waals surface area contributed by atoms with Crippen LogP contribution in [0.1, 0.15) is 67.5 Å². The van der Waals surface area contributed by atoms with Gasteiger partial charge in [0.15, 0.2) is 5.65 Å². The van der Waals surface area contributed by atoms with E-state index in [9.17, 15) is 9.59 Å². The Bertz CT molecular complexity index is 1130. The molecule has 7 heteroatoms. The Kier molecular flexibility index (Phi) is 4.53. The zero-order valence-electron chi connectivity index (χ0n) is 17.3. The van der Waals surface area contributed by atoms with E-state index in [4.69, 9.17) is 4.98 Å². The Morgan fingerprint density at radius 2 is 1.97 bits per heavy atom. The normalized spacial score (nSPS) is 16.6. The summed E-state index contributed by atoms with van der Waals surface area (Å²) in [5, 5.41) is 8.23. The topological polar surface area (TPSA) is 80.1 Å². The van der Waals surface area contributed by atoms with E-state index in [-0.39, 0.29) is 17.9 Å². The molecule has 0 unspecified atom stereocenters. The number of anilines is 2. The summed E-state index contributed by atoms with van der Waals surface area (Å²) in [6.45, 7) is 4.87. The minimum Gasteiger partial charge on any atom is -0.322 e. The molecule has 0 radical (unpaired) electrons. The van der Waals surface area contributed by atoms with Gasteiger partial charge in [-0.05, 0) is 63.4 Å². The molecular weight excluding hydrogens is 378 g/mol. The zero-order valence-corrected chi connectivity index (χ0v) is 17.3. The fourth-order valence-corrected chi connectivity index (χ4v) is 4.04. The minimum absolute atomic E-state index is 0.153. The van der Waals surface area contributed by atoms with Crippen molar-refractivity contribution in [2.45, 2.75) is 51.5 Å². The van der Waals surface area contributed by atoms with Gasteiger partial charge in [0, 0.05) is 42.0 Å². The van der Waals surface area contributed by atoms with Crippen LogP contribution >= 0.6 is 0 Å². The highest BCUT2D eigenvalue weighted by atomic mass is 16.2. The van der Waals surface area contributed by atoms with Crippen LogP contribution in [0.5, 0.6) is 0 Å². The van der Waals surface area contributed by atoms with Gasteiger partial charge >= 0.3 is 0 Å². The second-order valence-electron chi connectivity index (χ2n) is 8.44. The Morgan fingerprint density at radius 3 is 2.60 bits per heavy atom. The molecule has 1 saturated carbocycles. The van der Waals surface area contributed by atoms with Crippen molar-refractivity contribution in [1.29, 1.82) is 0 Å². The van der Waals surface area contributed by atoms with Gasteiger partial charge in [-0.15, -0.1) is 0 Å². The second kappa shape index (κ2) is 7.23. The molecule has 2 amide bonds. The van der Waals surface area contributed by atoms with Gasteiger partial charge in [0.1, 0.15) is 0 Å². The van der Waals surface area contributed by atoms with Crippen molar-refractivity contribution in [1.82, 2.24) is 14.8 Å². The maximum atomic E-state index is 13.2. The monoisotopic (exact) mass is 403 g/mol. The van der Waals surface area contributed by atoms with Gasteiger partial charge in [0.2, 0.25) is 5.91 Å². The number of hydrogen-bond acceptors (Lipinski definition) is 4. The Balaban J connectivity index is 1.44. The number of rotatable bonds is 5. The van der Waals surface area contributed by atoms with Crippen LogP contribution in [0.4, 0.5) is 11.4 Å². The van der Waals surface area contributed by atoms with E-state index in [1.54, 1.807) is 11.1 Å². The zero-order chi connectivity index (χ0) is 20.8. The van der Waals surface area contributed by atoms with Gasteiger partial charge in [-0.1, -0.05) is 0 Å². The first-order valence-corrected chi connectivity index (χ1v) is 10.6. The Morgan fingerprint density at radius 1 is 1.20 bits per heavy atom.